The van der Waals surface area contributed by atoms with Gasteiger partial charge in [0.2, 0.25) is 5.91 Å². The van der Waals surface area contributed by atoms with E-state index in [1.54, 1.807) is 25.1 Å². The topological polar surface area (TPSA) is 101 Å². The van der Waals surface area contributed by atoms with Crippen molar-refractivity contribution in [2.24, 2.45) is 0 Å². The van der Waals surface area contributed by atoms with Crippen LogP contribution in [0.15, 0.2) is 82.2 Å². The Morgan fingerprint density at radius 3 is 2.48 bits per heavy atom. The molecule has 0 spiro atoms. The van der Waals surface area contributed by atoms with E-state index in [4.69, 9.17) is 0 Å². The molecule has 2 amide bonds. The monoisotopic (exact) mass is 499 g/mol. The number of amides is 2. The smallest absolute Gasteiger partial charge is 0.270 e. The number of thioether (sulfide) groups is 1. The van der Waals surface area contributed by atoms with Crippen LogP contribution >= 0.6 is 27.7 Å². The molecular weight excluding hydrogens is 482 g/mol. The number of carbonyl (C=O) groups excluding carboxylic acids is 2. The lowest BCUT2D eigenvalue weighted by atomic mass is 10.2. The van der Waals surface area contributed by atoms with E-state index in [9.17, 15) is 19.7 Å². The second-order valence-corrected chi connectivity index (χ2v) is 8.79. The van der Waals surface area contributed by atoms with E-state index in [0.29, 0.717) is 11.4 Å². The fraction of sp³-hybridized carbons (Fsp3) is 0.0909. The van der Waals surface area contributed by atoms with Crippen LogP contribution in [0.4, 0.5) is 17.1 Å². The van der Waals surface area contributed by atoms with Crippen molar-refractivity contribution in [3.63, 3.8) is 0 Å². The lowest BCUT2D eigenvalue weighted by Crippen LogP contribution is -2.22. The summed E-state index contributed by atoms with van der Waals surface area (Å²) >= 11 is 4.76. The first kappa shape index (κ1) is 22.5. The van der Waals surface area contributed by atoms with Crippen LogP contribution in [-0.4, -0.2) is 22.0 Å². The predicted molar refractivity (Wildman–Crippen MR) is 126 cm³/mol. The number of non-ortho nitro benzene ring substituents is 1. The number of nitro benzene ring substituents is 1. The minimum absolute atomic E-state index is 0.150. The molecule has 0 bridgehead atoms. The maximum atomic E-state index is 12.5. The molecule has 0 aliphatic rings. The number of halogens is 1. The van der Waals surface area contributed by atoms with Gasteiger partial charge in [-0.1, -0.05) is 24.3 Å². The highest BCUT2D eigenvalue weighted by Crippen LogP contribution is 2.28. The van der Waals surface area contributed by atoms with Crippen LogP contribution in [0.5, 0.6) is 0 Å². The number of hydrogen-bond acceptors (Lipinski definition) is 5. The summed E-state index contributed by atoms with van der Waals surface area (Å²) in [6.45, 7) is 1.80. The summed E-state index contributed by atoms with van der Waals surface area (Å²) in [6.07, 6.45) is 0. The normalized spacial score (nSPS) is 11.4. The standard InChI is InChI=1S/C22H18BrN3O4S/c1-14(21(27)25-20-11-3-2-10-19(20)23)31-18-9-5-7-16(13-18)24-22(28)15-6-4-8-17(12-15)26(29)30/h2-14H,1H3,(H,24,28)(H,25,27). The average molecular weight is 500 g/mol. The van der Waals surface area contributed by atoms with Crippen molar-refractivity contribution in [3.05, 3.63) is 92.9 Å². The summed E-state index contributed by atoms with van der Waals surface area (Å²) in [5.74, 6) is -0.603. The molecule has 158 valence electrons. The van der Waals surface area contributed by atoms with Crippen molar-refractivity contribution in [2.75, 3.05) is 10.6 Å². The van der Waals surface area contributed by atoms with Gasteiger partial charge in [0.15, 0.2) is 0 Å². The fourth-order valence-corrected chi connectivity index (χ4v) is 3.98. The van der Waals surface area contributed by atoms with Crippen LogP contribution in [0.25, 0.3) is 0 Å². The zero-order valence-electron chi connectivity index (χ0n) is 16.4. The molecule has 3 rings (SSSR count). The summed E-state index contributed by atoms with van der Waals surface area (Å²) < 4.78 is 0.798. The summed E-state index contributed by atoms with van der Waals surface area (Å²) in [4.78, 5) is 36.1. The number of nitrogens with one attached hydrogen (secondary N) is 2. The molecule has 0 fully saturated rings. The second kappa shape index (κ2) is 10.2. The maximum absolute atomic E-state index is 12.5. The molecule has 2 N–H and O–H groups in total. The van der Waals surface area contributed by atoms with Gasteiger partial charge in [0.1, 0.15) is 0 Å². The third-order valence-electron chi connectivity index (χ3n) is 4.22. The van der Waals surface area contributed by atoms with Crippen molar-refractivity contribution in [1.29, 1.82) is 0 Å². The number of nitrogens with zero attached hydrogens (tertiary/aromatic N) is 1. The number of anilines is 2. The molecule has 0 saturated heterocycles. The zero-order valence-corrected chi connectivity index (χ0v) is 18.8. The largest absolute Gasteiger partial charge is 0.324 e. The lowest BCUT2D eigenvalue weighted by molar-refractivity contribution is -0.384. The van der Waals surface area contributed by atoms with Crippen LogP contribution in [0.1, 0.15) is 17.3 Å². The van der Waals surface area contributed by atoms with Crippen LogP contribution in [0, 0.1) is 10.1 Å². The lowest BCUT2D eigenvalue weighted by Gasteiger charge is -2.14. The van der Waals surface area contributed by atoms with Gasteiger partial charge >= 0.3 is 0 Å². The third-order valence-corrected chi connectivity index (χ3v) is 6.01. The fourth-order valence-electron chi connectivity index (χ4n) is 2.67. The number of benzene rings is 3. The molecule has 3 aromatic rings. The van der Waals surface area contributed by atoms with Gasteiger partial charge in [0, 0.05) is 32.8 Å². The Balaban J connectivity index is 1.65. The van der Waals surface area contributed by atoms with Gasteiger partial charge in [0.05, 0.1) is 15.9 Å². The number of nitro groups is 1. The molecule has 0 aromatic heterocycles. The van der Waals surface area contributed by atoms with Gasteiger partial charge in [-0.3, -0.25) is 19.7 Å². The Morgan fingerprint density at radius 1 is 1.00 bits per heavy atom. The van der Waals surface area contributed by atoms with Crippen LogP contribution in [0.3, 0.4) is 0 Å². The zero-order chi connectivity index (χ0) is 22.4. The summed E-state index contributed by atoms with van der Waals surface area (Å²) in [5, 5.41) is 16.1. The van der Waals surface area contributed by atoms with E-state index < -0.39 is 10.8 Å². The summed E-state index contributed by atoms with van der Waals surface area (Å²) in [7, 11) is 0. The number of rotatable bonds is 7. The minimum atomic E-state index is -0.547. The van der Waals surface area contributed by atoms with Gasteiger partial charge in [-0.25, -0.2) is 0 Å². The van der Waals surface area contributed by atoms with Gasteiger partial charge in [-0.2, -0.15) is 0 Å². The van der Waals surface area contributed by atoms with E-state index in [1.807, 2.05) is 30.3 Å². The first-order valence-electron chi connectivity index (χ1n) is 9.21. The third kappa shape index (κ3) is 6.16. The van der Waals surface area contributed by atoms with Crippen LogP contribution < -0.4 is 10.6 Å². The molecule has 9 heteroatoms. The Labute approximate surface area is 191 Å². The van der Waals surface area contributed by atoms with Crippen molar-refractivity contribution in [2.45, 2.75) is 17.1 Å². The highest BCUT2D eigenvalue weighted by Gasteiger charge is 2.16. The Kier molecular flexibility index (Phi) is 7.43. The van der Waals surface area contributed by atoms with Crippen LogP contribution in [-0.2, 0) is 4.79 Å². The van der Waals surface area contributed by atoms with Crippen molar-refractivity contribution in [3.8, 4) is 0 Å². The highest BCUT2D eigenvalue weighted by atomic mass is 79.9. The van der Waals surface area contributed by atoms with Gasteiger partial charge in [-0.15, -0.1) is 11.8 Å². The van der Waals surface area contributed by atoms with E-state index >= 15 is 0 Å². The Bertz CT molecular complexity index is 1140. The first-order chi connectivity index (χ1) is 14.8. The molecule has 0 heterocycles. The van der Waals surface area contributed by atoms with E-state index in [1.165, 1.54) is 36.0 Å². The van der Waals surface area contributed by atoms with E-state index in [0.717, 1.165) is 9.37 Å². The minimum Gasteiger partial charge on any atom is -0.324 e. The molecule has 31 heavy (non-hydrogen) atoms. The molecule has 1 atom stereocenters. The van der Waals surface area contributed by atoms with E-state index in [-0.39, 0.29) is 22.4 Å². The molecule has 3 aromatic carbocycles. The number of para-hydroxylation sites is 1. The van der Waals surface area contributed by atoms with E-state index in [2.05, 4.69) is 26.6 Å². The molecule has 1 unspecified atom stereocenters. The molecule has 0 saturated carbocycles. The SMILES string of the molecule is CC(Sc1cccc(NC(=O)c2cccc([N+](=O)[O-])c2)c1)C(=O)Nc1ccccc1Br. The summed E-state index contributed by atoms with van der Waals surface area (Å²) in [6, 6.07) is 20.0. The van der Waals surface area contributed by atoms with Crippen molar-refractivity contribution < 1.29 is 14.5 Å². The molecule has 0 aliphatic carbocycles. The number of hydrogen-bond donors (Lipinski definition) is 2. The Hall–Kier alpha value is -3.17. The van der Waals surface area contributed by atoms with Gasteiger partial charge in [0.25, 0.3) is 11.6 Å². The first-order valence-corrected chi connectivity index (χ1v) is 10.9. The number of carbonyl (C=O) groups is 2. The molecule has 7 nitrogen and oxygen atoms in total. The summed E-state index contributed by atoms with van der Waals surface area (Å²) in [5.41, 5.74) is 1.26. The predicted octanol–water partition coefficient (Wildman–Crippen LogP) is 5.73. The molecule has 0 aliphatic heterocycles. The highest BCUT2D eigenvalue weighted by molar-refractivity contribution is 9.10. The maximum Gasteiger partial charge on any atom is 0.270 e. The average Bonchev–Trinajstić information content (AvgIpc) is 2.75. The second-order valence-electron chi connectivity index (χ2n) is 6.52. The van der Waals surface area contributed by atoms with Gasteiger partial charge in [-0.05, 0) is 59.3 Å². The van der Waals surface area contributed by atoms with Gasteiger partial charge < -0.3 is 10.6 Å². The molecular formula is C22H18BrN3O4S. The molecule has 0 radical (unpaired) electrons. The van der Waals surface area contributed by atoms with Crippen molar-refractivity contribution in [1.82, 2.24) is 0 Å². The quantitative estimate of drug-likeness (QED) is 0.245. The van der Waals surface area contributed by atoms with Crippen molar-refractivity contribution >= 4 is 56.6 Å². The Morgan fingerprint density at radius 2 is 1.74 bits per heavy atom. The van der Waals surface area contributed by atoms with Crippen LogP contribution in [0.2, 0.25) is 0 Å².